The third-order valence-electron chi connectivity index (χ3n) is 14.4. The molecule has 12 aromatic carbocycles. The van der Waals surface area contributed by atoms with Crippen molar-refractivity contribution in [2.75, 3.05) is 0 Å². The predicted molar refractivity (Wildman–Crippen MR) is 299 cm³/mol. The molecule has 0 saturated carbocycles. The first kappa shape index (κ1) is 40.6. The topological polar surface area (TPSA) is 30.7 Å². The molecule has 3 nitrogen and oxygen atoms in total. The van der Waals surface area contributed by atoms with Gasteiger partial charge in [0.05, 0.1) is 22.4 Å². The molecule has 2 aromatic heterocycles. The molecular formula is C68H43N3. The maximum Gasteiger partial charge on any atom is 0.160 e. The molecule has 14 aromatic rings. The van der Waals surface area contributed by atoms with E-state index in [0.717, 1.165) is 44.7 Å². The highest BCUT2D eigenvalue weighted by atomic mass is 15.0. The van der Waals surface area contributed by atoms with Crippen molar-refractivity contribution in [3.63, 3.8) is 0 Å². The largest absolute Gasteiger partial charge is 0.309 e. The van der Waals surface area contributed by atoms with Gasteiger partial charge in [0.2, 0.25) is 0 Å². The summed E-state index contributed by atoms with van der Waals surface area (Å²) in [5, 5.41) is 12.3. The fourth-order valence-corrected chi connectivity index (χ4v) is 11.2. The molecule has 0 aliphatic carbocycles. The van der Waals surface area contributed by atoms with Gasteiger partial charge in [-0.15, -0.1) is 0 Å². The van der Waals surface area contributed by atoms with Crippen molar-refractivity contribution in [3.05, 3.63) is 261 Å². The fraction of sp³-hybridized carbons (Fsp3) is 0. The van der Waals surface area contributed by atoms with Crippen LogP contribution in [0.15, 0.2) is 261 Å². The summed E-state index contributed by atoms with van der Waals surface area (Å²) >= 11 is 0. The first-order chi connectivity index (χ1) is 35.2. The average Bonchev–Trinajstić information content (AvgIpc) is 3.79. The molecule has 0 fully saturated rings. The summed E-state index contributed by atoms with van der Waals surface area (Å²) in [5.41, 5.74) is 15.5. The van der Waals surface area contributed by atoms with E-state index in [-0.39, 0.29) is 0 Å². The highest BCUT2D eigenvalue weighted by Gasteiger charge is 2.20. The van der Waals surface area contributed by atoms with Crippen molar-refractivity contribution < 1.29 is 0 Å². The van der Waals surface area contributed by atoms with E-state index in [2.05, 4.69) is 259 Å². The van der Waals surface area contributed by atoms with Crippen LogP contribution in [0.4, 0.5) is 0 Å². The highest BCUT2D eigenvalue weighted by molar-refractivity contribution is 6.28. The lowest BCUT2D eigenvalue weighted by molar-refractivity contribution is 1.16. The Labute approximate surface area is 411 Å². The van der Waals surface area contributed by atoms with Gasteiger partial charge in [0, 0.05) is 33.2 Å². The zero-order valence-electron chi connectivity index (χ0n) is 38.7. The Morgan fingerprint density at radius 3 is 1.48 bits per heavy atom. The number of hydrogen-bond acceptors (Lipinski definition) is 2. The molecule has 0 saturated heterocycles. The first-order valence-electron chi connectivity index (χ1n) is 24.3. The van der Waals surface area contributed by atoms with Crippen LogP contribution in [0.1, 0.15) is 0 Å². The second-order valence-electron chi connectivity index (χ2n) is 18.4. The third kappa shape index (κ3) is 6.74. The Morgan fingerprint density at radius 1 is 0.268 bits per heavy atom. The van der Waals surface area contributed by atoms with E-state index in [4.69, 9.17) is 9.97 Å². The number of hydrogen-bond donors (Lipinski definition) is 0. The van der Waals surface area contributed by atoms with Gasteiger partial charge >= 0.3 is 0 Å². The lowest BCUT2D eigenvalue weighted by Crippen LogP contribution is -1.98. The van der Waals surface area contributed by atoms with Crippen molar-refractivity contribution in [3.8, 4) is 73.0 Å². The van der Waals surface area contributed by atoms with E-state index in [1.807, 2.05) is 6.07 Å². The van der Waals surface area contributed by atoms with Crippen LogP contribution in [0, 0.1) is 0 Å². The van der Waals surface area contributed by atoms with Gasteiger partial charge in [-0.05, 0) is 107 Å². The molecule has 0 aliphatic heterocycles. The molecule has 0 atom stereocenters. The molecule has 0 spiro atoms. The molecule has 330 valence electrons. The van der Waals surface area contributed by atoms with Gasteiger partial charge in [-0.2, -0.15) is 0 Å². The van der Waals surface area contributed by atoms with E-state index >= 15 is 0 Å². The summed E-state index contributed by atoms with van der Waals surface area (Å²) in [7, 11) is 0. The van der Waals surface area contributed by atoms with Gasteiger partial charge in [0.25, 0.3) is 0 Å². The van der Waals surface area contributed by atoms with Gasteiger partial charge in [-0.25, -0.2) is 9.97 Å². The Hall–Kier alpha value is -9.44. The molecule has 3 heteroatoms. The number of nitrogens with zero attached hydrogens (tertiary/aromatic N) is 3. The lowest BCUT2D eigenvalue weighted by Gasteiger charge is -2.19. The average molecular weight is 902 g/mol. The van der Waals surface area contributed by atoms with Crippen LogP contribution in [-0.2, 0) is 0 Å². The van der Waals surface area contributed by atoms with Gasteiger partial charge < -0.3 is 4.57 Å². The quantitative estimate of drug-likeness (QED) is 0.118. The maximum absolute atomic E-state index is 5.33. The van der Waals surface area contributed by atoms with Gasteiger partial charge in [-0.3, -0.25) is 0 Å². The number of para-hydroxylation sites is 2. The summed E-state index contributed by atoms with van der Waals surface area (Å²) in [4.78, 5) is 10.6. The molecule has 2 heterocycles. The standard InChI is InChI=1S/C68H43N3/c1-3-19-46(20-4-1)66-59-31-12-11-30-58(59)65(60-39-38-44-18-7-8-25-52(44)67(60)66)47-36-34-45(35-37-47)51-40-41-55(54-27-10-9-26-53(51)54)62-43-61(69-68(70-62)48-21-5-2-6-22-48)49-23-17-24-50(42-49)71-63-32-15-13-28-56(63)57-29-14-16-33-64(57)71/h1-43H. The molecule has 14 rings (SSSR count). The molecular weight excluding hydrogens is 859 g/mol. The van der Waals surface area contributed by atoms with Crippen LogP contribution >= 0.6 is 0 Å². The second-order valence-corrected chi connectivity index (χ2v) is 18.4. The van der Waals surface area contributed by atoms with Crippen molar-refractivity contribution in [1.82, 2.24) is 14.5 Å². The van der Waals surface area contributed by atoms with Crippen LogP contribution in [0.25, 0.3) is 138 Å². The Morgan fingerprint density at radius 2 is 0.775 bits per heavy atom. The van der Waals surface area contributed by atoms with E-state index in [1.54, 1.807) is 0 Å². The van der Waals surface area contributed by atoms with Crippen molar-refractivity contribution in [1.29, 1.82) is 0 Å². The molecule has 0 unspecified atom stereocenters. The summed E-state index contributed by atoms with van der Waals surface area (Å²) in [6, 6.07) is 94.2. The molecule has 0 aliphatic rings. The predicted octanol–water partition coefficient (Wildman–Crippen LogP) is 18.2. The number of rotatable bonds is 7. The number of fused-ring (bicyclic) bond motifs is 8. The molecule has 71 heavy (non-hydrogen) atoms. The van der Waals surface area contributed by atoms with Crippen molar-refractivity contribution in [2.24, 2.45) is 0 Å². The minimum atomic E-state index is 0.689. The first-order valence-corrected chi connectivity index (χ1v) is 24.3. The maximum atomic E-state index is 5.33. The molecule has 0 radical (unpaired) electrons. The van der Waals surface area contributed by atoms with E-state index in [0.29, 0.717) is 5.82 Å². The third-order valence-corrected chi connectivity index (χ3v) is 14.4. The number of aromatic nitrogens is 3. The van der Waals surface area contributed by atoms with E-state index in [1.165, 1.54) is 87.3 Å². The van der Waals surface area contributed by atoms with E-state index < -0.39 is 0 Å². The highest BCUT2D eigenvalue weighted by Crippen LogP contribution is 2.47. The van der Waals surface area contributed by atoms with Crippen LogP contribution < -0.4 is 0 Å². The molecule has 0 amide bonds. The van der Waals surface area contributed by atoms with Gasteiger partial charge in [0.1, 0.15) is 0 Å². The van der Waals surface area contributed by atoms with Gasteiger partial charge in [0.15, 0.2) is 5.82 Å². The normalized spacial score (nSPS) is 11.7. The minimum Gasteiger partial charge on any atom is -0.309 e. The van der Waals surface area contributed by atoms with Crippen LogP contribution in [-0.4, -0.2) is 14.5 Å². The summed E-state index contributed by atoms with van der Waals surface area (Å²) in [6.07, 6.45) is 0. The monoisotopic (exact) mass is 901 g/mol. The van der Waals surface area contributed by atoms with Crippen LogP contribution in [0.2, 0.25) is 0 Å². The Balaban J connectivity index is 0.900. The minimum absolute atomic E-state index is 0.689. The summed E-state index contributed by atoms with van der Waals surface area (Å²) in [6.45, 7) is 0. The smallest absolute Gasteiger partial charge is 0.160 e. The Bertz CT molecular complexity index is 4330. The summed E-state index contributed by atoms with van der Waals surface area (Å²) < 4.78 is 2.36. The number of benzene rings is 12. The zero-order valence-corrected chi connectivity index (χ0v) is 38.7. The Kier molecular flexibility index (Phi) is 9.53. The molecule has 0 N–H and O–H groups in total. The van der Waals surface area contributed by atoms with E-state index in [9.17, 15) is 0 Å². The van der Waals surface area contributed by atoms with Crippen LogP contribution in [0.3, 0.4) is 0 Å². The van der Waals surface area contributed by atoms with Crippen LogP contribution in [0.5, 0.6) is 0 Å². The van der Waals surface area contributed by atoms with Crippen molar-refractivity contribution >= 4 is 64.9 Å². The van der Waals surface area contributed by atoms with Gasteiger partial charge in [-0.1, -0.05) is 231 Å². The summed E-state index contributed by atoms with van der Waals surface area (Å²) in [5.74, 6) is 0.689. The SMILES string of the molecule is c1ccc(-c2nc(-c3cccc(-n4c5ccccc5c5ccccc54)c3)cc(-c3ccc(-c4ccc(-c5c6ccccc6c(-c6ccccc6)c6c5ccc5ccccc56)cc4)c4ccccc34)n2)cc1. The second kappa shape index (κ2) is 16.7. The fourth-order valence-electron chi connectivity index (χ4n) is 11.2. The lowest BCUT2D eigenvalue weighted by atomic mass is 9.83. The molecule has 0 bridgehead atoms. The zero-order chi connectivity index (χ0) is 46.8. The van der Waals surface area contributed by atoms with Crippen molar-refractivity contribution in [2.45, 2.75) is 0 Å².